The molecule has 14 rings (SSSR count). The number of para-hydroxylation sites is 2. The average molecular weight is 1080 g/mol. The van der Waals surface area contributed by atoms with Gasteiger partial charge in [0.05, 0.1) is 28.1 Å². The van der Waals surface area contributed by atoms with Crippen molar-refractivity contribution in [2.24, 2.45) is 0 Å². The standard InChI is InChI=1S/C78H85BN3/c1-71(2,3)45-27-30-47(31-28-45)80-62-41-49-48-38-57-59(75(11,12)35-33-73(57,7)8)43-56(48)78(17,18)55(49)39-50(62)51-42-67(81-63-25-21-19-23-53(63)77(15,16)54-24-20-22-26-64(54)81)68-52-40-58-60(76(13,14)36-34-74(58,9)10)44-66(52)82-65-32-29-46(72(4,5)6)37-61(65)79-69(51)70(68)82/h19-32,37-44,80H,33-36H2,1-18H3. The predicted octanol–water partition coefficient (Wildman–Crippen LogP) is 19.9. The molecule has 0 saturated carbocycles. The molecule has 415 valence electrons. The van der Waals surface area contributed by atoms with Gasteiger partial charge >= 0.3 is 0 Å². The van der Waals surface area contributed by atoms with Crippen LogP contribution in [0.15, 0.2) is 133 Å². The lowest BCUT2D eigenvalue weighted by Crippen LogP contribution is -2.38. The first-order valence-electron chi connectivity index (χ1n) is 30.8. The summed E-state index contributed by atoms with van der Waals surface area (Å²) in [5, 5.41) is 6.82. The number of anilines is 5. The number of nitrogens with one attached hydrogen (secondary N) is 1. The molecule has 0 unspecified atom stereocenters. The molecule has 0 bridgehead atoms. The maximum absolute atomic E-state index is 4.20. The Morgan fingerprint density at radius 2 is 0.902 bits per heavy atom. The van der Waals surface area contributed by atoms with Gasteiger partial charge in [-0.15, -0.1) is 0 Å². The number of rotatable bonds is 4. The predicted molar refractivity (Wildman–Crippen MR) is 353 cm³/mol. The highest BCUT2D eigenvalue weighted by Gasteiger charge is 2.45. The van der Waals surface area contributed by atoms with Crippen molar-refractivity contribution in [1.29, 1.82) is 0 Å². The molecule has 3 nitrogen and oxygen atoms in total. The Morgan fingerprint density at radius 3 is 1.49 bits per heavy atom. The fourth-order valence-electron chi connectivity index (χ4n) is 15.9. The summed E-state index contributed by atoms with van der Waals surface area (Å²) in [7, 11) is 2.58. The largest absolute Gasteiger partial charge is 0.355 e. The van der Waals surface area contributed by atoms with E-state index in [1.54, 1.807) is 0 Å². The zero-order valence-corrected chi connectivity index (χ0v) is 52.5. The van der Waals surface area contributed by atoms with E-state index in [9.17, 15) is 0 Å². The second-order valence-corrected chi connectivity index (χ2v) is 31.5. The van der Waals surface area contributed by atoms with Gasteiger partial charge in [0.2, 0.25) is 0 Å². The van der Waals surface area contributed by atoms with Crippen molar-refractivity contribution in [1.82, 2.24) is 4.57 Å². The van der Waals surface area contributed by atoms with Crippen LogP contribution in [0.1, 0.15) is 206 Å². The summed E-state index contributed by atoms with van der Waals surface area (Å²) in [4.78, 5) is 2.66. The maximum atomic E-state index is 4.20. The normalized spacial score (nSPS) is 18.8. The molecule has 8 aromatic carbocycles. The highest BCUT2D eigenvalue weighted by molar-refractivity contribution is 6.73. The monoisotopic (exact) mass is 1070 g/mol. The number of benzene rings is 8. The molecule has 0 amide bonds. The van der Waals surface area contributed by atoms with Crippen molar-refractivity contribution >= 4 is 68.4 Å². The average Bonchev–Trinajstić information content (AvgIpc) is 3.86. The highest BCUT2D eigenvalue weighted by atomic mass is 15.2. The Hall–Kier alpha value is -6.78. The fourth-order valence-corrected chi connectivity index (χ4v) is 15.9. The van der Waals surface area contributed by atoms with Crippen molar-refractivity contribution in [3.8, 4) is 27.9 Å². The second-order valence-electron chi connectivity index (χ2n) is 31.5. The van der Waals surface area contributed by atoms with Gasteiger partial charge in [-0.3, -0.25) is 0 Å². The van der Waals surface area contributed by atoms with Crippen LogP contribution >= 0.6 is 0 Å². The summed E-state index contributed by atoms with van der Waals surface area (Å²) >= 11 is 0. The van der Waals surface area contributed by atoms with Gasteiger partial charge in [-0.05, 0) is 203 Å². The Morgan fingerprint density at radius 1 is 0.415 bits per heavy atom. The first-order chi connectivity index (χ1) is 38.4. The molecular weight excluding hydrogens is 990 g/mol. The number of nitrogens with zero attached hydrogens (tertiary/aromatic N) is 2. The minimum Gasteiger partial charge on any atom is -0.355 e. The van der Waals surface area contributed by atoms with Crippen LogP contribution in [-0.2, 0) is 43.3 Å². The first kappa shape index (κ1) is 53.2. The number of fused-ring (bicyclic) bond motifs is 12. The lowest BCUT2D eigenvalue weighted by Gasteiger charge is -2.42. The summed E-state index contributed by atoms with van der Waals surface area (Å²) in [6, 6.07) is 53.5. The van der Waals surface area contributed by atoms with Crippen LogP contribution in [0.3, 0.4) is 0 Å². The summed E-state index contributed by atoms with van der Waals surface area (Å²) in [5.74, 6) is 0. The van der Waals surface area contributed by atoms with Crippen molar-refractivity contribution in [2.75, 3.05) is 10.2 Å². The van der Waals surface area contributed by atoms with Crippen LogP contribution in [0.5, 0.6) is 0 Å². The van der Waals surface area contributed by atoms with Gasteiger partial charge in [0.1, 0.15) is 0 Å². The summed E-state index contributed by atoms with van der Waals surface area (Å²) < 4.78 is 2.71. The molecule has 0 spiro atoms. The smallest absolute Gasteiger partial charge is 0.197 e. The van der Waals surface area contributed by atoms with E-state index < -0.39 is 0 Å². The molecule has 3 aliphatic carbocycles. The van der Waals surface area contributed by atoms with E-state index in [-0.39, 0.29) is 43.3 Å². The van der Waals surface area contributed by atoms with Gasteiger partial charge in [-0.1, -0.05) is 197 Å². The Balaban J connectivity index is 1.15. The van der Waals surface area contributed by atoms with E-state index in [0.29, 0.717) is 0 Å². The van der Waals surface area contributed by atoms with Gasteiger partial charge in [0.15, 0.2) is 7.28 Å². The summed E-state index contributed by atoms with van der Waals surface area (Å²) in [6.45, 7) is 43.6. The van der Waals surface area contributed by atoms with E-state index in [1.807, 2.05) is 0 Å². The van der Waals surface area contributed by atoms with E-state index in [4.69, 9.17) is 0 Å². The topological polar surface area (TPSA) is 20.2 Å². The Labute approximate surface area is 491 Å². The Bertz CT molecular complexity index is 4180. The number of aromatic nitrogens is 1. The zero-order valence-electron chi connectivity index (χ0n) is 52.5. The molecule has 0 saturated heterocycles. The minimum atomic E-state index is -0.259. The minimum absolute atomic E-state index is 0.0157. The van der Waals surface area contributed by atoms with Crippen LogP contribution in [0, 0.1) is 0 Å². The lowest BCUT2D eigenvalue weighted by atomic mass is 9.58. The third-order valence-electron chi connectivity index (χ3n) is 21.4. The Kier molecular flexibility index (Phi) is 11.0. The van der Waals surface area contributed by atoms with E-state index >= 15 is 0 Å². The molecule has 3 heterocycles. The molecular formula is C78H85BN3. The summed E-state index contributed by atoms with van der Waals surface area (Å²) in [6.07, 6.45) is 4.68. The highest BCUT2D eigenvalue weighted by Crippen LogP contribution is 2.59. The van der Waals surface area contributed by atoms with Crippen molar-refractivity contribution < 1.29 is 0 Å². The number of hydrogen-bond donors (Lipinski definition) is 1. The van der Waals surface area contributed by atoms with Crippen LogP contribution in [-0.4, -0.2) is 11.8 Å². The van der Waals surface area contributed by atoms with Crippen molar-refractivity contribution in [2.45, 2.75) is 194 Å². The molecule has 1 radical (unpaired) electrons. The van der Waals surface area contributed by atoms with Crippen molar-refractivity contribution in [3.63, 3.8) is 0 Å². The van der Waals surface area contributed by atoms with E-state index in [2.05, 4.69) is 280 Å². The molecule has 0 atom stereocenters. The van der Waals surface area contributed by atoms with Gasteiger partial charge in [-0.25, -0.2) is 0 Å². The van der Waals surface area contributed by atoms with Crippen LogP contribution in [0.25, 0.3) is 49.7 Å². The third-order valence-corrected chi connectivity index (χ3v) is 21.4. The molecule has 82 heavy (non-hydrogen) atoms. The molecule has 4 heteroatoms. The van der Waals surface area contributed by atoms with Crippen molar-refractivity contribution in [3.05, 3.63) is 189 Å². The third kappa shape index (κ3) is 7.60. The number of hydrogen-bond acceptors (Lipinski definition) is 2. The van der Waals surface area contributed by atoms with Crippen LogP contribution < -0.4 is 21.1 Å². The van der Waals surface area contributed by atoms with E-state index in [0.717, 1.165) is 24.2 Å². The maximum Gasteiger partial charge on any atom is 0.197 e. The van der Waals surface area contributed by atoms with Gasteiger partial charge in [0, 0.05) is 44.2 Å². The fraction of sp³-hybridized carbons (Fsp3) is 0.385. The van der Waals surface area contributed by atoms with E-state index in [1.165, 1.54) is 146 Å². The molecule has 5 aliphatic rings. The SMILES string of the molecule is CC(C)(C)c1ccc(Nc2cc3c(cc2-c2cc(N4c5ccccc5C(C)(C)c5ccccc54)c4c5cc6c(cc5n5c4c2[B]c2cc(C(C)(C)C)ccc2-5)C(C)(C)CCC6(C)C)C(C)(C)c2cc4c(cc2-3)C(C)(C)CCC4(C)C)cc1. The second kappa shape index (κ2) is 17.0. The molecule has 9 aromatic rings. The van der Waals surface area contributed by atoms with Gasteiger partial charge in [-0.2, -0.15) is 0 Å². The quantitative estimate of drug-likeness (QED) is 0.177. The zero-order chi connectivity index (χ0) is 58.0. The van der Waals surface area contributed by atoms with Gasteiger partial charge in [0.25, 0.3) is 0 Å². The molecule has 0 fully saturated rings. The molecule has 1 N–H and O–H groups in total. The van der Waals surface area contributed by atoms with Crippen LogP contribution in [0.4, 0.5) is 28.4 Å². The lowest BCUT2D eigenvalue weighted by molar-refractivity contribution is 0.331. The first-order valence-corrected chi connectivity index (χ1v) is 30.8. The summed E-state index contributed by atoms with van der Waals surface area (Å²) in [5.41, 5.74) is 31.3. The van der Waals surface area contributed by atoms with Gasteiger partial charge < -0.3 is 14.8 Å². The van der Waals surface area contributed by atoms with Crippen LogP contribution in [0.2, 0.25) is 0 Å². The molecule has 1 aromatic heterocycles. The molecule has 2 aliphatic heterocycles.